The lowest BCUT2D eigenvalue weighted by Gasteiger charge is -2.42. The number of piperazine rings is 1. The van der Waals surface area contributed by atoms with E-state index in [1.807, 2.05) is 0 Å². The first kappa shape index (κ1) is 13.4. The van der Waals surface area contributed by atoms with Crippen LogP contribution in [-0.4, -0.2) is 35.3 Å². The van der Waals surface area contributed by atoms with Crippen molar-refractivity contribution >= 4 is 11.8 Å². The fourth-order valence-electron chi connectivity index (χ4n) is 2.98. The SMILES string of the molecule is CCC(C)(C)CN1CC(=O)NC2(CCCC2)C1=O. The molecule has 0 bridgehead atoms. The predicted octanol–water partition coefficient (Wildman–Crippen LogP) is 1.69. The number of hydrogen-bond donors (Lipinski definition) is 1. The fraction of sp³-hybridized carbons (Fsp3) is 0.857. The van der Waals surface area contributed by atoms with E-state index in [1.165, 1.54) is 0 Å². The molecule has 1 aliphatic heterocycles. The van der Waals surface area contributed by atoms with Gasteiger partial charge >= 0.3 is 0 Å². The maximum atomic E-state index is 12.6. The number of amides is 2. The van der Waals surface area contributed by atoms with Crippen LogP contribution in [0.15, 0.2) is 0 Å². The molecular weight excluding hydrogens is 228 g/mol. The first-order chi connectivity index (χ1) is 8.38. The Balaban J connectivity index is 2.16. The summed E-state index contributed by atoms with van der Waals surface area (Å²) in [5, 5.41) is 2.95. The van der Waals surface area contributed by atoms with E-state index in [0.29, 0.717) is 6.54 Å². The van der Waals surface area contributed by atoms with Gasteiger partial charge in [0.1, 0.15) is 5.54 Å². The molecule has 1 saturated carbocycles. The van der Waals surface area contributed by atoms with Crippen LogP contribution in [0.25, 0.3) is 0 Å². The molecule has 1 aliphatic carbocycles. The standard InChI is InChI=1S/C14H24N2O2/c1-4-13(2,3)10-16-9-11(17)15-14(12(16)18)7-5-6-8-14/h4-10H2,1-3H3,(H,15,17). The third-order valence-corrected chi connectivity index (χ3v) is 4.44. The fourth-order valence-corrected chi connectivity index (χ4v) is 2.98. The maximum absolute atomic E-state index is 12.6. The first-order valence-electron chi connectivity index (χ1n) is 6.99. The Hall–Kier alpha value is -1.06. The summed E-state index contributed by atoms with van der Waals surface area (Å²) < 4.78 is 0. The van der Waals surface area contributed by atoms with Gasteiger partial charge in [0.2, 0.25) is 11.8 Å². The molecule has 102 valence electrons. The lowest BCUT2D eigenvalue weighted by atomic mass is 9.87. The zero-order valence-corrected chi connectivity index (χ0v) is 11.7. The Morgan fingerprint density at radius 2 is 1.89 bits per heavy atom. The summed E-state index contributed by atoms with van der Waals surface area (Å²) in [4.78, 5) is 26.2. The molecule has 4 nitrogen and oxygen atoms in total. The largest absolute Gasteiger partial charge is 0.340 e. The summed E-state index contributed by atoms with van der Waals surface area (Å²) in [7, 11) is 0. The van der Waals surface area contributed by atoms with Crippen LogP contribution in [0.4, 0.5) is 0 Å². The average Bonchev–Trinajstić information content (AvgIpc) is 2.74. The van der Waals surface area contributed by atoms with Gasteiger partial charge < -0.3 is 10.2 Å². The van der Waals surface area contributed by atoms with E-state index in [4.69, 9.17) is 0 Å². The van der Waals surface area contributed by atoms with Gasteiger partial charge in [0, 0.05) is 6.54 Å². The summed E-state index contributed by atoms with van der Waals surface area (Å²) in [6.07, 6.45) is 4.70. The van der Waals surface area contributed by atoms with Crippen molar-refractivity contribution in [3.05, 3.63) is 0 Å². The number of carbonyl (C=O) groups excluding carboxylic acids is 2. The monoisotopic (exact) mass is 252 g/mol. The third kappa shape index (κ3) is 2.38. The molecule has 1 saturated heterocycles. The smallest absolute Gasteiger partial charge is 0.248 e. The zero-order valence-electron chi connectivity index (χ0n) is 11.7. The number of carbonyl (C=O) groups is 2. The van der Waals surface area contributed by atoms with Crippen LogP contribution in [0, 0.1) is 5.41 Å². The highest BCUT2D eigenvalue weighted by Crippen LogP contribution is 2.34. The van der Waals surface area contributed by atoms with Crippen molar-refractivity contribution in [3.63, 3.8) is 0 Å². The molecule has 0 unspecified atom stereocenters. The van der Waals surface area contributed by atoms with Crippen LogP contribution >= 0.6 is 0 Å². The van der Waals surface area contributed by atoms with E-state index in [0.717, 1.165) is 32.1 Å². The second-order valence-electron chi connectivity index (χ2n) is 6.52. The molecule has 1 heterocycles. The van der Waals surface area contributed by atoms with Crippen molar-refractivity contribution in [2.45, 2.75) is 58.4 Å². The van der Waals surface area contributed by atoms with Crippen molar-refractivity contribution in [1.29, 1.82) is 0 Å². The van der Waals surface area contributed by atoms with Crippen LogP contribution in [0.5, 0.6) is 0 Å². The minimum Gasteiger partial charge on any atom is -0.340 e. The summed E-state index contributed by atoms with van der Waals surface area (Å²) in [5.41, 5.74) is -0.494. The molecule has 1 spiro atoms. The van der Waals surface area contributed by atoms with E-state index >= 15 is 0 Å². The first-order valence-corrected chi connectivity index (χ1v) is 6.99. The van der Waals surface area contributed by atoms with E-state index in [1.54, 1.807) is 4.90 Å². The van der Waals surface area contributed by atoms with Crippen molar-refractivity contribution < 1.29 is 9.59 Å². The van der Waals surface area contributed by atoms with Gasteiger partial charge in [-0.2, -0.15) is 0 Å². The van der Waals surface area contributed by atoms with Crippen LogP contribution in [0.2, 0.25) is 0 Å². The molecule has 0 aromatic carbocycles. The van der Waals surface area contributed by atoms with Crippen LogP contribution in [0.3, 0.4) is 0 Å². The lowest BCUT2D eigenvalue weighted by molar-refractivity contribution is -0.151. The molecule has 4 heteroatoms. The van der Waals surface area contributed by atoms with Crippen molar-refractivity contribution in [1.82, 2.24) is 10.2 Å². The Kier molecular flexibility index (Phi) is 3.39. The van der Waals surface area contributed by atoms with E-state index in [2.05, 4.69) is 26.1 Å². The van der Waals surface area contributed by atoms with Crippen molar-refractivity contribution in [3.8, 4) is 0 Å². The Morgan fingerprint density at radius 3 is 2.44 bits per heavy atom. The number of rotatable bonds is 3. The highest BCUT2D eigenvalue weighted by atomic mass is 16.2. The average molecular weight is 252 g/mol. The highest BCUT2D eigenvalue weighted by Gasteiger charge is 2.48. The van der Waals surface area contributed by atoms with Crippen molar-refractivity contribution in [2.75, 3.05) is 13.1 Å². The number of nitrogens with one attached hydrogen (secondary N) is 1. The Labute approximate surface area is 109 Å². The number of hydrogen-bond acceptors (Lipinski definition) is 2. The summed E-state index contributed by atoms with van der Waals surface area (Å²) >= 11 is 0. The normalized spacial score (nSPS) is 23.6. The molecule has 0 aromatic heterocycles. The van der Waals surface area contributed by atoms with Crippen LogP contribution < -0.4 is 5.32 Å². The Bertz CT molecular complexity index is 357. The minimum atomic E-state index is -0.570. The summed E-state index contributed by atoms with van der Waals surface area (Å²) in [5.74, 6) is 0.143. The topological polar surface area (TPSA) is 49.4 Å². The molecule has 0 atom stereocenters. The van der Waals surface area contributed by atoms with Gasteiger partial charge in [-0.15, -0.1) is 0 Å². The molecule has 18 heavy (non-hydrogen) atoms. The molecule has 2 rings (SSSR count). The summed E-state index contributed by atoms with van der Waals surface area (Å²) in [6.45, 7) is 7.32. The second kappa shape index (κ2) is 4.56. The van der Waals surface area contributed by atoms with Gasteiger partial charge in [-0.3, -0.25) is 9.59 Å². The number of nitrogens with zero attached hydrogens (tertiary/aromatic N) is 1. The predicted molar refractivity (Wildman–Crippen MR) is 70.0 cm³/mol. The van der Waals surface area contributed by atoms with Crippen molar-refractivity contribution in [2.24, 2.45) is 5.41 Å². The quantitative estimate of drug-likeness (QED) is 0.831. The van der Waals surface area contributed by atoms with Gasteiger partial charge in [0.05, 0.1) is 6.54 Å². The van der Waals surface area contributed by atoms with Gasteiger partial charge in [0.15, 0.2) is 0 Å². The third-order valence-electron chi connectivity index (χ3n) is 4.44. The molecule has 0 aromatic rings. The van der Waals surface area contributed by atoms with Gasteiger partial charge in [-0.05, 0) is 24.7 Å². The van der Waals surface area contributed by atoms with Gasteiger partial charge in [-0.25, -0.2) is 0 Å². The molecular formula is C14H24N2O2. The van der Waals surface area contributed by atoms with Crippen LogP contribution in [0.1, 0.15) is 52.9 Å². The lowest BCUT2D eigenvalue weighted by Crippen LogP contribution is -2.66. The highest BCUT2D eigenvalue weighted by molar-refractivity contribution is 5.98. The molecule has 2 amide bonds. The molecule has 2 aliphatic rings. The maximum Gasteiger partial charge on any atom is 0.248 e. The summed E-state index contributed by atoms with van der Waals surface area (Å²) in [6, 6.07) is 0. The zero-order chi connectivity index (χ0) is 13.4. The van der Waals surface area contributed by atoms with E-state index in [-0.39, 0.29) is 23.8 Å². The second-order valence-corrected chi connectivity index (χ2v) is 6.52. The molecule has 0 radical (unpaired) electrons. The van der Waals surface area contributed by atoms with E-state index in [9.17, 15) is 9.59 Å². The van der Waals surface area contributed by atoms with Gasteiger partial charge in [-0.1, -0.05) is 33.6 Å². The molecule has 1 N–H and O–H groups in total. The van der Waals surface area contributed by atoms with Gasteiger partial charge in [0.25, 0.3) is 0 Å². The van der Waals surface area contributed by atoms with E-state index < -0.39 is 5.54 Å². The molecule has 2 fully saturated rings. The van der Waals surface area contributed by atoms with Crippen LogP contribution in [-0.2, 0) is 9.59 Å². The Morgan fingerprint density at radius 1 is 1.28 bits per heavy atom. The minimum absolute atomic E-state index is 0.00315.